The summed E-state index contributed by atoms with van der Waals surface area (Å²) in [6.45, 7) is 1.39. The molecule has 0 spiro atoms. The molecular formula is C18H15FN4O2. The normalized spacial score (nSPS) is 10.5. The molecule has 0 heterocycles. The van der Waals surface area contributed by atoms with Gasteiger partial charge in [0.2, 0.25) is 5.91 Å². The van der Waals surface area contributed by atoms with E-state index in [0.717, 1.165) is 6.20 Å². The predicted octanol–water partition coefficient (Wildman–Crippen LogP) is 3.24. The number of rotatable bonds is 5. The number of carbonyl (C=O) groups is 2. The van der Waals surface area contributed by atoms with E-state index in [1.165, 1.54) is 25.1 Å². The van der Waals surface area contributed by atoms with Crippen LogP contribution in [-0.4, -0.2) is 11.8 Å². The first-order chi connectivity index (χ1) is 12.0. The summed E-state index contributed by atoms with van der Waals surface area (Å²) >= 11 is 0. The molecule has 2 rings (SSSR count). The van der Waals surface area contributed by atoms with E-state index in [0.29, 0.717) is 11.4 Å². The second-order valence-corrected chi connectivity index (χ2v) is 5.01. The fourth-order valence-corrected chi connectivity index (χ4v) is 1.92. The van der Waals surface area contributed by atoms with Gasteiger partial charge >= 0.3 is 0 Å². The number of para-hydroxylation sites is 1. The third-order valence-electron chi connectivity index (χ3n) is 3.07. The van der Waals surface area contributed by atoms with Crippen LogP contribution in [0.4, 0.5) is 21.5 Å². The van der Waals surface area contributed by atoms with Crippen LogP contribution in [-0.2, 0) is 9.59 Å². The van der Waals surface area contributed by atoms with Crippen LogP contribution in [0.2, 0.25) is 0 Å². The number of carbonyl (C=O) groups excluding carboxylic acids is 2. The van der Waals surface area contributed by atoms with Gasteiger partial charge in [0.15, 0.2) is 0 Å². The third-order valence-corrected chi connectivity index (χ3v) is 3.07. The lowest BCUT2D eigenvalue weighted by atomic mass is 10.2. The molecule has 2 aromatic rings. The Balaban J connectivity index is 2.04. The number of anilines is 3. The van der Waals surface area contributed by atoms with E-state index in [-0.39, 0.29) is 17.2 Å². The zero-order chi connectivity index (χ0) is 18.2. The van der Waals surface area contributed by atoms with Gasteiger partial charge in [-0.15, -0.1) is 0 Å². The lowest BCUT2D eigenvalue weighted by Crippen LogP contribution is -2.14. The van der Waals surface area contributed by atoms with Gasteiger partial charge in [-0.2, -0.15) is 5.26 Å². The number of nitrogens with zero attached hydrogens (tertiary/aromatic N) is 1. The standard InChI is InChI=1S/C18H15FN4O2/c1-12(24)22-14-6-8-15(9-7-14)23-18(25)13(10-20)11-21-17-5-3-2-4-16(17)19/h2-9,11,21H,1H3,(H,22,24)(H,23,25)/b13-11-. The Kier molecular flexibility index (Phi) is 5.85. The molecule has 0 aromatic heterocycles. The van der Waals surface area contributed by atoms with Crippen molar-refractivity contribution in [3.63, 3.8) is 0 Å². The summed E-state index contributed by atoms with van der Waals surface area (Å²) < 4.78 is 13.5. The van der Waals surface area contributed by atoms with Crippen molar-refractivity contribution in [1.29, 1.82) is 5.26 Å². The minimum absolute atomic E-state index is 0.155. The highest BCUT2D eigenvalue weighted by atomic mass is 19.1. The summed E-state index contributed by atoms with van der Waals surface area (Å²) in [5, 5.41) is 16.8. The maximum absolute atomic E-state index is 13.5. The van der Waals surface area contributed by atoms with Crippen LogP contribution in [0.15, 0.2) is 60.3 Å². The Labute approximate surface area is 144 Å². The molecule has 2 aromatic carbocycles. The lowest BCUT2D eigenvalue weighted by molar-refractivity contribution is -0.114. The van der Waals surface area contributed by atoms with Crippen LogP contribution in [0.5, 0.6) is 0 Å². The Morgan fingerprint density at radius 1 is 1.04 bits per heavy atom. The van der Waals surface area contributed by atoms with Crippen molar-refractivity contribution in [2.24, 2.45) is 0 Å². The zero-order valence-electron chi connectivity index (χ0n) is 13.3. The summed E-state index contributed by atoms with van der Waals surface area (Å²) in [5.74, 6) is -1.34. The smallest absolute Gasteiger partial charge is 0.267 e. The maximum Gasteiger partial charge on any atom is 0.267 e. The number of nitriles is 1. The molecule has 25 heavy (non-hydrogen) atoms. The van der Waals surface area contributed by atoms with Crippen molar-refractivity contribution in [3.8, 4) is 6.07 Å². The van der Waals surface area contributed by atoms with Gasteiger partial charge in [0, 0.05) is 24.5 Å². The van der Waals surface area contributed by atoms with Crippen LogP contribution in [0.1, 0.15) is 6.92 Å². The molecular weight excluding hydrogens is 323 g/mol. The maximum atomic E-state index is 13.5. The molecule has 0 atom stereocenters. The first-order valence-electron chi connectivity index (χ1n) is 7.30. The Hall–Kier alpha value is -3.66. The summed E-state index contributed by atoms with van der Waals surface area (Å²) in [7, 11) is 0. The molecule has 0 saturated heterocycles. The third kappa shape index (κ3) is 5.18. The van der Waals surface area contributed by atoms with Crippen molar-refractivity contribution in [2.45, 2.75) is 6.92 Å². The fraction of sp³-hybridized carbons (Fsp3) is 0.0556. The number of hydrogen-bond donors (Lipinski definition) is 3. The van der Waals surface area contributed by atoms with Crippen molar-refractivity contribution in [3.05, 3.63) is 66.1 Å². The van der Waals surface area contributed by atoms with Crippen LogP contribution < -0.4 is 16.0 Å². The second-order valence-electron chi connectivity index (χ2n) is 5.01. The molecule has 0 unspecified atom stereocenters. The van der Waals surface area contributed by atoms with Gasteiger partial charge < -0.3 is 16.0 Å². The molecule has 3 N–H and O–H groups in total. The highest BCUT2D eigenvalue weighted by Gasteiger charge is 2.10. The van der Waals surface area contributed by atoms with Crippen LogP contribution in [0, 0.1) is 17.1 Å². The first kappa shape index (κ1) is 17.7. The minimum Gasteiger partial charge on any atom is -0.358 e. The van der Waals surface area contributed by atoms with Crippen LogP contribution in [0.3, 0.4) is 0 Å². The molecule has 0 aliphatic heterocycles. The highest BCUT2D eigenvalue weighted by molar-refractivity contribution is 6.06. The quantitative estimate of drug-likeness (QED) is 0.576. The van der Waals surface area contributed by atoms with Crippen molar-refractivity contribution >= 4 is 28.9 Å². The average Bonchev–Trinajstić information content (AvgIpc) is 2.58. The largest absolute Gasteiger partial charge is 0.358 e. The number of hydrogen-bond acceptors (Lipinski definition) is 4. The predicted molar refractivity (Wildman–Crippen MR) is 93.1 cm³/mol. The van der Waals surface area contributed by atoms with E-state index < -0.39 is 11.7 Å². The Morgan fingerprint density at radius 2 is 1.64 bits per heavy atom. The van der Waals surface area contributed by atoms with Gasteiger partial charge in [0.25, 0.3) is 5.91 Å². The second kappa shape index (κ2) is 8.26. The van der Waals surface area contributed by atoms with Gasteiger partial charge in [-0.3, -0.25) is 9.59 Å². The van der Waals surface area contributed by atoms with Gasteiger partial charge in [0.05, 0.1) is 5.69 Å². The number of amides is 2. The molecule has 6 nitrogen and oxygen atoms in total. The molecule has 0 aliphatic rings. The summed E-state index contributed by atoms with van der Waals surface area (Å²) in [6.07, 6.45) is 1.14. The molecule has 7 heteroatoms. The molecule has 0 radical (unpaired) electrons. The minimum atomic E-state index is -0.640. The summed E-state index contributed by atoms with van der Waals surface area (Å²) in [4.78, 5) is 23.1. The van der Waals surface area contributed by atoms with E-state index in [1.54, 1.807) is 36.4 Å². The van der Waals surface area contributed by atoms with E-state index in [1.807, 2.05) is 0 Å². The summed E-state index contributed by atoms with van der Waals surface area (Å²) in [6, 6.07) is 14.1. The zero-order valence-corrected chi connectivity index (χ0v) is 13.3. The molecule has 2 amide bonds. The SMILES string of the molecule is CC(=O)Nc1ccc(NC(=O)/C(C#N)=C\Nc2ccccc2F)cc1. The summed E-state index contributed by atoms with van der Waals surface area (Å²) in [5.41, 5.74) is 0.978. The molecule has 0 saturated carbocycles. The molecule has 0 fully saturated rings. The van der Waals surface area contributed by atoms with Crippen molar-refractivity contribution in [1.82, 2.24) is 0 Å². The molecule has 0 aliphatic carbocycles. The monoisotopic (exact) mass is 338 g/mol. The number of nitrogens with one attached hydrogen (secondary N) is 3. The van der Waals surface area contributed by atoms with Crippen LogP contribution in [0.25, 0.3) is 0 Å². The topological polar surface area (TPSA) is 94.0 Å². The van der Waals surface area contributed by atoms with Gasteiger partial charge in [-0.1, -0.05) is 12.1 Å². The Bertz CT molecular complexity index is 854. The number of halogens is 1. The average molecular weight is 338 g/mol. The van der Waals surface area contributed by atoms with Gasteiger partial charge in [0.1, 0.15) is 17.5 Å². The fourth-order valence-electron chi connectivity index (χ4n) is 1.92. The van der Waals surface area contributed by atoms with E-state index in [4.69, 9.17) is 5.26 Å². The number of benzene rings is 2. The van der Waals surface area contributed by atoms with E-state index in [2.05, 4.69) is 16.0 Å². The first-order valence-corrected chi connectivity index (χ1v) is 7.30. The van der Waals surface area contributed by atoms with Crippen molar-refractivity contribution in [2.75, 3.05) is 16.0 Å². The highest BCUT2D eigenvalue weighted by Crippen LogP contribution is 2.15. The molecule has 0 bridgehead atoms. The Morgan fingerprint density at radius 3 is 2.20 bits per heavy atom. The lowest BCUT2D eigenvalue weighted by Gasteiger charge is -2.07. The van der Waals surface area contributed by atoms with Crippen LogP contribution >= 0.6 is 0 Å². The van der Waals surface area contributed by atoms with Gasteiger partial charge in [-0.25, -0.2) is 4.39 Å². The van der Waals surface area contributed by atoms with Gasteiger partial charge in [-0.05, 0) is 36.4 Å². The van der Waals surface area contributed by atoms with Crippen molar-refractivity contribution < 1.29 is 14.0 Å². The van der Waals surface area contributed by atoms with E-state index >= 15 is 0 Å². The van der Waals surface area contributed by atoms with E-state index in [9.17, 15) is 14.0 Å². The molecule has 126 valence electrons.